The summed E-state index contributed by atoms with van der Waals surface area (Å²) in [4.78, 5) is 26.2. The minimum Gasteiger partial charge on any atom is -0.508 e. The van der Waals surface area contributed by atoms with Crippen molar-refractivity contribution < 1.29 is 27.7 Å². The third-order valence-corrected chi connectivity index (χ3v) is 5.31. The fourth-order valence-electron chi connectivity index (χ4n) is 3.21. The lowest BCUT2D eigenvalue weighted by Crippen LogP contribution is -2.40. The maximum absolute atomic E-state index is 13.0. The van der Waals surface area contributed by atoms with E-state index >= 15 is 0 Å². The first-order valence-electron chi connectivity index (χ1n) is 7.70. The molecule has 0 bridgehead atoms. The van der Waals surface area contributed by atoms with Crippen LogP contribution in [0, 0.1) is 0 Å². The molecule has 0 saturated carbocycles. The van der Waals surface area contributed by atoms with E-state index in [4.69, 9.17) is 5.73 Å². The summed E-state index contributed by atoms with van der Waals surface area (Å²) >= 11 is 0. The number of hydrogen-bond acceptors (Lipinski definition) is 6. The molecule has 3 aromatic carbocycles. The molecule has 0 radical (unpaired) electrons. The Kier molecular flexibility index (Phi) is 3.48. The predicted octanol–water partition coefficient (Wildman–Crippen LogP) is 2.17. The lowest BCUT2D eigenvalue weighted by atomic mass is 9.92. The Morgan fingerprint density at radius 3 is 2.19 bits per heavy atom. The molecule has 1 heterocycles. The van der Waals surface area contributed by atoms with Crippen molar-refractivity contribution >= 4 is 44.1 Å². The summed E-state index contributed by atoms with van der Waals surface area (Å²) in [5, 5.41) is 9.84. The summed E-state index contributed by atoms with van der Waals surface area (Å²) in [5.74, 6) is -1.42. The van der Waals surface area contributed by atoms with Gasteiger partial charge in [-0.15, -0.1) is 0 Å². The van der Waals surface area contributed by atoms with Crippen LogP contribution in [0.3, 0.4) is 0 Å². The molecular weight excluding hydrogens is 372 g/mol. The van der Waals surface area contributed by atoms with Crippen molar-refractivity contribution in [3.8, 4) is 5.75 Å². The van der Waals surface area contributed by atoms with E-state index in [0.29, 0.717) is 0 Å². The number of rotatable bonds is 2. The molecule has 0 atom stereocenters. The Morgan fingerprint density at radius 1 is 0.926 bits per heavy atom. The van der Waals surface area contributed by atoms with E-state index in [-0.39, 0.29) is 39.0 Å². The first kappa shape index (κ1) is 17.0. The van der Waals surface area contributed by atoms with Gasteiger partial charge in [0.2, 0.25) is 0 Å². The highest BCUT2D eigenvalue weighted by Gasteiger charge is 2.36. The Hall–Kier alpha value is -3.43. The molecule has 0 aliphatic carbocycles. The zero-order chi connectivity index (χ0) is 19.5. The van der Waals surface area contributed by atoms with Crippen LogP contribution in [-0.4, -0.2) is 29.9 Å². The second kappa shape index (κ2) is 5.53. The van der Waals surface area contributed by atoms with Crippen LogP contribution in [0.5, 0.6) is 5.75 Å². The summed E-state index contributed by atoms with van der Waals surface area (Å²) in [6.07, 6.45) is 0. The van der Waals surface area contributed by atoms with E-state index in [1.54, 1.807) is 0 Å². The number of imide groups is 1. The molecule has 0 fully saturated rings. The van der Waals surface area contributed by atoms with E-state index in [9.17, 15) is 27.7 Å². The molecule has 0 aromatic heterocycles. The molecule has 3 aromatic rings. The average molecular weight is 384 g/mol. The topological polar surface area (TPSA) is 138 Å². The van der Waals surface area contributed by atoms with Gasteiger partial charge in [-0.3, -0.25) is 14.1 Å². The van der Waals surface area contributed by atoms with Crippen molar-refractivity contribution in [3.63, 3.8) is 0 Å². The van der Waals surface area contributed by atoms with Gasteiger partial charge in [-0.2, -0.15) is 8.42 Å². The maximum Gasteiger partial charge on any atom is 0.296 e. The Labute approximate surface area is 153 Å². The number of phenolic OH excluding ortho intramolecular Hbond substituents is 1. The molecule has 0 saturated heterocycles. The van der Waals surface area contributed by atoms with E-state index in [1.165, 1.54) is 42.5 Å². The molecule has 27 heavy (non-hydrogen) atoms. The molecule has 0 unspecified atom stereocenters. The van der Waals surface area contributed by atoms with Crippen molar-refractivity contribution in [2.75, 3.05) is 10.6 Å². The lowest BCUT2D eigenvalue weighted by Gasteiger charge is -2.28. The van der Waals surface area contributed by atoms with Gasteiger partial charge in [-0.25, -0.2) is 4.90 Å². The van der Waals surface area contributed by atoms with Gasteiger partial charge in [-0.1, -0.05) is 12.1 Å². The van der Waals surface area contributed by atoms with Crippen molar-refractivity contribution in [2.24, 2.45) is 0 Å². The Morgan fingerprint density at radius 2 is 1.56 bits per heavy atom. The van der Waals surface area contributed by atoms with Crippen LogP contribution in [0.2, 0.25) is 0 Å². The quantitative estimate of drug-likeness (QED) is 0.350. The molecule has 9 heteroatoms. The van der Waals surface area contributed by atoms with Crippen LogP contribution in [0.4, 0.5) is 11.4 Å². The predicted molar refractivity (Wildman–Crippen MR) is 97.4 cm³/mol. The van der Waals surface area contributed by atoms with E-state index in [0.717, 1.165) is 11.0 Å². The van der Waals surface area contributed by atoms with Gasteiger partial charge in [0.1, 0.15) is 10.6 Å². The summed E-state index contributed by atoms with van der Waals surface area (Å²) < 4.78 is 32.8. The van der Waals surface area contributed by atoms with Gasteiger partial charge in [-0.05, 0) is 36.4 Å². The molecule has 0 spiro atoms. The molecule has 1 aliphatic heterocycles. The van der Waals surface area contributed by atoms with Gasteiger partial charge in [0, 0.05) is 16.3 Å². The number of phenols is 1. The number of nitrogen functional groups attached to an aromatic ring is 1. The van der Waals surface area contributed by atoms with Crippen molar-refractivity contribution in [1.29, 1.82) is 0 Å². The zero-order valence-corrected chi connectivity index (χ0v) is 14.4. The second-order valence-corrected chi connectivity index (χ2v) is 7.39. The molecular formula is C18H12N2O6S. The van der Waals surface area contributed by atoms with Crippen LogP contribution < -0.4 is 10.6 Å². The van der Waals surface area contributed by atoms with Gasteiger partial charge in [0.05, 0.1) is 16.9 Å². The Bertz CT molecular complexity index is 1250. The highest BCUT2D eigenvalue weighted by atomic mass is 32.2. The summed E-state index contributed by atoms with van der Waals surface area (Å²) in [5.41, 5.74) is 5.93. The minimum atomic E-state index is -4.68. The fourth-order valence-corrected chi connectivity index (χ4v) is 3.86. The smallest absolute Gasteiger partial charge is 0.296 e. The van der Waals surface area contributed by atoms with Crippen LogP contribution in [0.15, 0.2) is 53.4 Å². The van der Waals surface area contributed by atoms with Crippen molar-refractivity contribution in [3.05, 3.63) is 59.7 Å². The number of aromatic hydroxyl groups is 1. The molecule has 4 rings (SSSR count). The number of amides is 2. The summed E-state index contributed by atoms with van der Waals surface area (Å²) in [7, 11) is -4.68. The molecule has 8 nitrogen and oxygen atoms in total. The SMILES string of the molecule is Nc1c(S(=O)(=O)O)cc2c3c(cccc13)C(=O)N(c1ccc(O)cc1)C2=O. The van der Waals surface area contributed by atoms with Gasteiger partial charge >= 0.3 is 0 Å². The maximum atomic E-state index is 13.0. The van der Waals surface area contributed by atoms with E-state index in [1.807, 2.05) is 0 Å². The molecule has 136 valence electrons. The number of nitrogens with two attached hydrogens (primary N) is 1. The molecule has 4 N–H and O–H groups in total. The number of hydrogen-bond donors (Lipinski definition) is 3. The monoisotopic (exact) mass is 384 g/mol. The molecule has 2 amide bonds. The summed E-state index contributed by atoms with van der Waals surface area (Å²) in [6, 6.07) is 10.9. The lowest BCUT2D eigenvalue weighted by molar-refractivity contribution is 0.0893. The van der Waals surface area contributed by atoms with Crippen LogP contribution in [-0.2, 0) is 10.1 Å². The third kappa shape index (κ3) is 2.44. The van der Waals surface area contributed by atoms with E-state index < -0.39 is 26.8 Å². The number of benzene rings is 3. The van der Waals surface area contributed by atoms with Gasteiger partial charge in [0.15, 0.2) is 0 Å². The van der Waals surface area contributed by atoms with Gasteiger partial charge in [0.25, 0.3) is 21.9 Å². The standard InChI is InChI=1S/C18H12N2O6S/c19-16-11-2-1-3-12-15(11)13(8-14(16)27(24,25)26)18(23)20(17(12)22)9-4-6-10(21)7-5-9/h1-8,21H,19H2,(H,24,25,26). The molecule has 1 aliphatic rings. The second-order valence-electron chi connectivity index (χ2n) is 6.00. The third-order valence-electron chi connectivity index (χ3n) is 4.42. The highest BCUT2D eigenvalue weighted by Crippen LogP contribution is 2.38. The Balaban J connectivity index is 2.06. The number of anilines is 2. The van der Waals surface area contributed by atoms with Crippen LogP contribution in [0.1, 0.15) is 20.7 Å². The number of carbonyl (C=O) groups excluding carboxylic acids is 2. The fraction of sp³-hybridized carbons (Fsp3) is 0. The normalized spacial score (nSPS) is 14.0. The van der Waals surface area contributed by atoms with E-state index in [2.05, 4.69) is 0 Å². The minimum absolute atomic E-state index is 0.0420. The van der Waals surface area contributed by atoms with Crippen molar-refractivity contribution in [2.45, 2.75) is 4.90 Å². The largest absolute Gasteiger partial charge is 0.508 e. The number of carbonyl (C=O) groups is 2. The zero-order valence-electron chi connectivity index (χ0n) is 13.6. The summed E-state index contributed by atoms with van der Waals surface area (Å²) in [6.45, 7) is 0. The van der Waals surface area contributed by atoms with Crippen LogP contribution in [0.25, 0.3) is 10.8 Å². The highest BCUT2D eigenvalue weighted by molar-refractivity contribution is 7.86. The van der Waals surface area contributed by atoms with Crippen LogP contribution >= 0.6 is 0 Å². The average Bonchev–Trinajstić information content (AvgIpc) is 2.61. The first-order chi connectivity index (χ1) is 12.7. The first-order valence-corrected chi connectivity index (χ1v) is 9.14. The van der Waals surface area contributed by atoms with Crippen molar-refractivity contribution in [1.82, 2.24) is 0 Å². The number of nitrogens with zero attached hydrogens (tertiary/aromatic N) is 1. The van der Waals surface area contributed by atoms with Gasteiger partial charge < -0.3 is 10.8 Å².